The smallest absolute Gasteiger partial charge is 0.192 e. The van der Waals surface area contributed by atoms with Gasteiger partial charge in [0.25, 0.3) is 0 Å². The van der Waals surface area contributed by atoms with Gasteiger partial charge in [-0.2, -0.15) is 0 Å². The highest BCUT2D eigenvalue weighted by molar-refractivity contribution is 7.99. The lowest BCUT2D eigenvalue weighted by atomic mass is 10.2. The molecule has 1 aromatic carbocycles. The molecule has 2 aromatic rings. The highest BCUT2D eigenvalue weighted by atomic mass is 35.5. The molecular formula is C14H16ClN3S. The van der Waals surface area contributed by atoms with Gasteiger partial charge in [-0.15, -0.1) is 0 Å². The van der Waals surface area contributed by atoms with Crippen LogP contribution in [0.25, 0.3) is 0 Å². The number of benzene rings is 1. The Morgan fingerprint density at radius 2 is 1.84 bits per heavy atom. The molecule has 0 unspecified atom stereocenters. The highest BCUT2D eigenvalue weighted by Crippen LogP contribution is 2.32. The highest BCUT2D eigenvalue weighted by Gasteiger charge is 2.07. The van der Waals surface area contributed by atoms with E-state index in [-0.39, 0.29) is 0 Å². The molecule has 0 saturated heterocycles. The SMILES string of the molecule is CNCc1ccc(Sc2nc(C)cc(C)n2)c(Cl)c1. The molecule has 100 valence electrons. The van der Waals surface area contributed by atoms with Crippen molar-refractivity contribution in [3.05, 3.63) is 46.2 Å². The van der Waals surface area contributed by atoms with Gasteiger partial charge in [0.2, 0.25) is 0 Å². The molecule has 0 spiro atoms. The molecule has 0 atom stereocenters. The third-order valence-corrected chi connectivity index (χ3v) is 3.91. The fourth-order valence-corrected chi connectivity index (χ4v) is 2.97. The van der Waals surface area contributed by atoms with E-state index in [4.69, 9.17) is 11.6 Å². The first kappa shape index (κ1) is 14.3. The summed E-state index contributed by atoms with van der Waals surface area (Å²) in [6.45, 7) is 4.75. The number of nitrogens with one attached hydrogen (secondary N) is 1. The number of aromatic nitrogens is 2. The standard InChI is InChI=1S/C14H16ClN3S/c1-9-6-10(2)18-14(17-9)19-13-5-4-11(8-16-3)7-12(13)15/h4-7,16H,8H2,1-3H3. The van der Waals surface area contributed by atoms with Crippen LogP contribution in [-0.2, 0) is 6.54 Å². The van der Waals surface area contributed by atoms with E-state index >= 15 is 0 Å². The number of hydrogen-bond acceptors (Lipinski definition) is 4. The molecule has 2 rings (SSSR count). The first-order chi connectivity index (χ1) is 9.08. The topological polar surface area (TPSA) is 37.8 Å². The van der Waals surface area contributed by atoms with E-state index in [1.54, 1.807) is 0 Å². The Labute approximate surface area is 122 Å². The molecule has 0 aliphatic heterocycles. The predicted molar refractivity (Wildman–Crippen MR) is 79.8 cm³/mol. The number of rotatable bonds is 4. The molecule has 5 heteroatoms. The van der Waals surface area contributed by atoms with E-state index < -0.39 is 0 Å². The van der Waals surface area contributed by atoms with Gasteiger partial charge in [0.1, 0.15) is 0 Å². The lowest BCUT2D eigenvalue weighted by molar-refractivity contribution is 0.817. The van der Waals surface area contributed by atoms with Crippen molar-refractivity contribution in [1.29, 1.82) is 0 Å². The molecule has 0 saturated carbocycles. The van der Waals surface area contributed by atoms with E-state index in [0.29, 0.717) is 0 Å². The number of halogens is 1. The Bertz CT molecular complexity index is 567. The minimum atomic E-state index is 0.737. The van der Waals surface area contributed by atoms with E-state index in [1.165, 1.54) is 11.8 Å². The van der Waals surface area contributed by atoms with Crippen LogP contribution < -0.4 is 5.32 Å². The zero-order valence-corrected chi connectivity index (χ0v) is 12.8. The maximum absolute atomic E-state index is 6.29. The van der Waals surface area contributed by atoms with Crippen LogP contribution in [0.3, 0.4) is 0 Å². The van der Waals surface area contributed by atoms with Crippen LogP contribution in [0.2, 0.25) is 5.02 Å². The minimum Gasteiger partial charge on any atom is -0.316 e. The molecule has 0 aliphatic rings. The van der Waals surface area contributed by atoms with Gasteiger partial charge >= 0.3 is 0 Å². The van der Waals surface area contributed by atoms with Crippen molar-refractivity contribution in [2.75, 3.05) is 7.05 Å². The maximum Gasteiger partial charge on any atom is 0.192 e. The van der Waals surface area contributed by atoms with Crippen molar-refractivity contribution in [1.82, 2.24) is 15.3 Å². The average Bonchev–Trinajstić information content (AvgIpc) is 2.32. The average molecular weight is 294 g/mol. The van der Waals surface area contributed by atoms with Crippen LogP contribution in [0.15, 0.2) is 34.3 Å². The second-order valence-electron chi connectivity index (χ2n) is 4.33. The molecule has 0 amide bonds. The van der Waals surface area contributed by atoms with Crippen LogP contribution in [0.1, 0.15) is 17.0 Å². The first-order valence-electron chi connectivity index (χ1n) is 6.01. The Hall–Kier alpha value is -1.10. The van der Waals surface area contributed by atoms with E-state index in [2.05, 4.69) is 21.4 Å². The van der Waals surface area contributed by atoms with Crippen molar-refractivity contribution in [3.63, 3.8) is 0 Å². The van der Waals surface area contributed by atoms with Crippen LogP contribution >= 0.6 is 23.4 Å². The number of hydrogen-bond donors (Lipinski definition) is 1. The second kappa shape index (κ2) is 6.37. The number of aryl methyl sites for hydroxylation is 2. The molecule has 1 aromatic heterocycles. The summed E-state index contributed by atoms with van der Waals surface area (Å²) in [5.74, 6) is 0. The second-order valence-corrected chi connectivity index (χ2v) is 5.75. The zero-order chi connectivity index (χ0) is 13.8. The van der Waals surface area contributed by atoms with Crippen molar-refractivity contribution >= 4 is 23.4 Å². The van der Waals surface area contributed by atoms with Gasteiger partial charge in [-0.25, -0.2) is 9.97 Å². The summed E-state index contributed by atoms with van der Waals surface area (Å²) in [7, 11) is 1.92. The Kier molecular flexibility index (Phi) is 4.80. The molecule has 1 heterocycles. The molecule has 0 bridgehead atoms. The number of nitrogens with zero attached hydrogens (tertiary/aromatic N) is 2. The van der Waals surface area contributed by atoms with Gasteiger partial charge in [-0.3, -0.25) is 0 Å². The molecule has 0 fully saturated rings. The third kappa shape index (κ3) is 3.93. The lowest BCUT2D eigenvalue weighted by Crippen LogP contribution is -2.04. The molecule has 0 aliphatic carbocycles. The summed E-state index contributed by atoms with van der Waals surface area (Å²) < 4.78 is 0. The van der Waals surface area contributed by atoms with E-state index in [1.807, 2.05) is 39.1 Å². The van der Waals surface area contributed by atoms with Crippen LogP contribution in [0, 0.1) is 13.8 Å². The summed E-state index contributed by atoms with van der Waals surface area (Å²) in [5.41, 5.74) is 3.11. The first-order valence-corrected chi connectivity index (χ1v) is 7.21. The van der Waals surface area contributed by atoms with E-state index in [9.17, 15) is 0 Å². The third-order valence-electron chi connectivity index (χ3n) is 2.54. The molecule has 1 N–H and O–H groups in total. The van der Waals surface area contributed by atoms with Gasteiger partial charge in [0, 0.05) is 22.8 Å². The lowest BCUT2D eigenvalue weighted by Gasteiger charge is -2.07. The van der Waals surface area contributed by atoms with Crippen LogP contribution in [0.4, 0.5) is 0 Å². The molecular weight excluding hydrogens is 278 g/mol. The summed E-state index contributed by atoms with van der Waals surface area (Å²) in [6.07, 6.45) is 0. The Morgan fingerprint density at radius 3 is 2.42 bits per heavy atom. The minimum absolute atomic E-state index is 0.737. The normalized spacial score (nSPS) is 10.7. The Balaban J connectivity index is 2.23. The summed E-state index contributed by atoms with van der Waals surface area (Å²) in [4.78, 5) is 9.80. The van der Waals surface area contributed by atoms with E-state index in [0.717, 1.165) is 38.6 Å². The quantitative estimate of drug-likeness (QED) is 0.874. The van der Waals surface area contributed by atoms with Gasteiger partial charge in [0.15, 0.2) is 5.16 Å². The maximum atomic E-state index is 6.29. The predicted octanol–water partition coefficient (Wildman–Crippen LogP) is 3.62. The summed E-state index contributed by atoms with van der Waals surface area (Å²) >= 11 is 7.79. The van der Waals surface area contributed by atoms with Crippen LogP contribution in [0.5, 0.6) is 0 Å². The van der Waals surface area contributed by atoms with Crippen molar-refractivity contribution in [2.24, 2.45) is 0 Å². The summed E-state index contributed by atoms with van der Waals surface area (Å²) in [5, 5.41) is 4.58. The van der Waals surface area contributed by atoms with Crippen molar-refractivity contribution < 1.29 is 0 Å². The van der Waals surface area contributed by atoms with Crippen molar-refractivity contribution in [2.45, 2.75) is 30.4 Å². The van der Waals surface area contributed by atoms with Gasteiger partial charge in [-0.1, -0.05) is 17.7 Å². The fraction of sp³-hybridized carbons (Fsp3) is 0.286. The zero-order valence-electron chi connectivity index (χ0n) is 11.2. The molecule has 3 nitrogen and oxygen atoms in total. The monoisotopic (exact) mass is 293 g/mol. The largest absolute Gasteiger partial charge is 0.316 e. The van der Waals surface area contributed by atoms with Gasteiger partial charge < -0.3 is 5.32 Å². The van der Waals surface area contributed by atoms with Crippen LogP contribution in [-0.4, -0.2) is 17.0 Å². The fourth-order valence-electron chi connectivity index (χ4n) is 1.78. The van der Waals surface area contributed by atoms with Gasteiger partial charge in [-0.05, 0) is 56.4 Å². The molecule has 0 radical (unpaired) electrons. The van der Waals surface area contributed by atoms with Crippen molar-refractivity contribution in [3.8, 4) is 0 Å². The summed E-state index contributed by atoms with van der Waals surface area (Å²) in [6, 6.07) is 8.01. The molecule has 19 heavy (non-hydrogen) atoms. The van der Waals surface area contributed by atoms with Gasteiger partial charge in [0.05, 0.1) is 5.02 Å². The Morgan fingerprint density at radius 1 is 1.16 bits per heavy atom.